The average molecular weight is 494 g/mol. The van der Waals surface area contributed by atoms with Crippen LogP contribution in [0.3, 0.4) is 0 Å². The molecule has 0 spiro atoms. The summed E-state index contributed by atoms with van der Waals surface area (Å²) in [6.45, 7) is 0.120. The minimum absolute atomic E-state index is 0.0998. The van der Waals surface area contributed by atoms with E-state index in [1.54, 1.807) is 7.11 Å². The Labute approximate surface area is 215 Å². The zero-order valence-corrected chi connectivity index (χ0v) is 20.4. The van der Waals surface area contributed by atoms with Crippen LogP contribution in [0, 0.1) is 0 Å². The van der Waals surface area contributed by atoms with Gasteiger partial charge in [-0.05, 0) is 51.1 Å². The van der Waals surface area contributed by atoms with Gasteiger partial charge in [-0.3, -0.25) is 0 Å². The molecule has 1 aliphatic carbocycles. The Morgan fingerprint density at radius 2 is 1.38 bits per heavy atom. The molecule has 4 aromatic rings. The molecule has 2 N–H and O–H groups in total. The van der Waals surface area contributed by atoms with Crippen molar-refractivity contribution in [2.45, 2.75) is 18.4 Å². The van der Waals surface area contributed by atoms with Gasteiger partial charge in [0.1, 0.15) is 18.4 Å². The van der Waals surface area contributed by atoms with E-state index in [9.17, 15) is 14.7 Å². The van der Waals surface area contributed by atoms with E-state index in [2.05, 4.69) is 17.4 Å². The molecule has 5 rings (SSSR count). The number of benzene rings is 4. The third-order valence-electron chi connectivity index (χ3n) is 6.78. The topological polar surface area (TPSA) is 84.9 Å². The number of hydrogen-bond donors (Lipinski definition) is 2. The minimum atomic E-state index is -1.14. The van der Waals surface area contributed by atoms with Crippen LogP contribution in [-0.2, 0) is 16.0 Å². The van der Waals surface area contributed by atoms with Crippen molar-refractivity contribution in [3.8, 4) is 28.0 Å². The predicted octanol–water partition coefficient (Wildman–Crippen LogP) is 5.90. The molecule has 0 aliphatic heterocycles. The molecule has 1 aliphatic rings. The van der Waals surface area contributed by atoms with Gasteiger partial charge in [0, 0.05) is 12.3 Å². The molecular weight excluding hydrogens is 466 g/mol. The number of aliphatic carboxylic acids is 1. The van der Waals surface area contributed by atoms with E-state index in [0.29, 0.717) is 0 Å². The SMILES string of the molecule is COc1ccc(-c2ccccc2CC(NC(=O)OCC2c3ccccc3-c3ccccc32)C(=O)O)cc1. The summed E-state index contributed by atoms with van der Waals surface area (Å²) in [5.41, 5.74) is 7.09. The van der Waals surface area contributed by atoms with Crippen molar-refractivity contribution < 1.29 is 24.2 Å². The average Bonchev–Trinajstić information content (AvgIpc) is 3.25. The van der Waals surface area contributed by atoms with Gasteiger partial charge in [-0.2, -0.15) is 0 Å². The number of fused-ring (bicyclic) bond motifs is 3. The molecule has 1 amide bonds. The highest BCUT2D eigenvalue weighted by atomic mass is 16.5. The molecule has 6 heteroatoms. The Hall–Kier alpha value is -4.58. The highest BCUT2D eigenvalue weighted by Gasteiger charge is 2.30. The zero-order chi connectivity index (χ0) is 25.8. The van der Waals surface area contributed by atoms with E-state index in [1.165, 1.54) is 0 Å². The number of rotatable bonds is 8. The second-order valence-electron chi connectivity index (χ2n) is 8.95. The third-order valence-corrected chi connectivity index (χ3v) is 6.78. The Morgan fingerprint density at radius 3 is 1.97 bits per heavy atom. The first-order chi connectivity index (χ1) is 18.0. The van der Waals surface area contributed by atoms with Gasteiger partial charge in [0.25, 0.3) is 0 Å². The van der Waals surface area contributed by atoms with Crippen LogP contribution in [0.15, 0.2) is 97.1 Å². The lowest BCUT2D eigenvalue weighted by atomic mass is 9.95. The van der Waals surface area contributed by atoms with Crippen LogP contribution in [0.25, 0.3) is 22.3 Å². The van der Waals surface area contributed by atoms with Crippen molar-refractivity contribution in [2.24, 2.45) is 0 Å². The van der Waals surface area contributed by atoms with E-state index in [0.717, 1.165) is 44.7 Å². The zero-order valence-electron chi connectivity index (χ0n) is 20.4. The van der Waals surface area contributed by atoms with Crippen molar-refractivity contribution in [3.63, 3.8) is 0 Å². The first kappa shape index (κ1) is 24.1. The van der Waals surface area contributed by atoms with Gasteiger partial charge in [-0.15, -0.1) is 0 Å². The summed E-state index contributed by atoms with van der Waals surface area (Å²) in [5, 5.41) is 12.4. The van der Waals surface area contributed by atoms with Crippen LogP contribution in [0.2, 0.25) is 0 Å². The standard InChI is InChI=1S/C31H27NO5/c1-36-22-16-14-20(15-17-22)23-9-3-2-8-21(23)18-29(30(33)34)32-31(35)37-19-28-26-12-6-4-10-24(26)25-11-5-7-13-27(25)28/h2-17,28-29H,18-19H2,1H3,(H,32,35)(H,33,34). The summed E-state index contributed by atoms with van der Waals surface area (Å²) in [4.78, 5) is 24.8. The fourth-order valence-corrected chi connectivity index (χ4v) is 4.95. The Balaban J connectivity index is 1.29. The largest absolute Gasteiger partial charge is 0.497 e. The number of carboxylic acids is 1. The summed E-state index contributed by atoms with van der Waals surface area (Å²) in [6, 6.07) is 30.1. The smallest absolute Gasteiger partial charge is 0.407 e. The Morgan fingerprint density at radius 1 is 0.811 bits per heavy atom. The quantitative estimate of drug-likeness (QED) is 0.319. The van der Waals surface area contributed by atoms with Crippen molar-refractivity contribution in [2.75, 3.05) is 13.7 Å². The van der Waals surface area contributed by atoms with E-state index in [4.69, 9.17) is 9.47 Å². The second kappa shape index (κ2) is 10.6. The number of hydrogen-bond acceptors (Lipinski definition) is 4. The summed E-state index contributed by atoms with van der Waals surface area (Å²) in [7, 11) is 1.61. The van der Waals surface area contributed by atoms with Gasteiger partial charge in [0.05, 0.1) is 7.11 Å². The molecule has 1 unspecified atom stereocenters. The van der Waals surface area contributed by atoms with Gasteiger partial charge in [0.2, 0.25) is 0 Å². The van der Waals surface area contributed by atoms with E-state index < -0.39 is 18.1 Å². The maximum Gasteiger partial charge on any atom is 0.407 e. The first-order valence-electron chi connectivity index (χ1n) is 12.1. The number of carbonyl (C=O) groups is 2. The van der Waals surface area contributed by atoms with Crippen LogP contribution in [0.5, 0.6) is 5.75 Å². The van der Waals surface area contributed by atoms with Crippen molar-refractivity contribution in [3.05, 3.63) is 114 Å². The lowest BCUT2D eigenvalue weighted by Gasteiger charge is -2.19. The molecule has 0 saturated heterocycles. The van der Waals surface area contributed by atoms with Crippen LogP contribution in [0.1, 0.15) is 22.6 Å². The van der Waals surface area contributed by atoms with Crippen molar-refractivity contribution >= 4 is 12.1 Å². The lowest BCUT2D eigenvalue weighted by Crippen LogP contribution is -2.43. The molecule has 6 nitrogen and oxygen atoms in total. The monoisotopic (exact) mass is 493 g/mol. The molecule has 0 heterocycles. The van der Waals surface area contributed by atoms with Gasteiger partial charge in [0.15, 0.2) is 0 Å². The van der Waals surface area contributed by atoms with Crippen LogP contribution in [0.4, 0.5) is 4.79 Å². The number of methoxy groups -OCH3 is 1. The number of amides is 1. The first-order valence-corrected chi connectivity index (χ1v) is 12.1. The van der Waals surface area contributed by atoms with E-state index in [-0.39, 0.29) is 18.9 Å². The van der Waals surface area contributed by atoms with Crippen molar-refractivity contribution in [1.29, 1.82) is 0 Å². The summed E-state index contributed by atoms with van der Waals surface area (Å²) in [6.07, 6.45) is -0.641. The molecular formula is C31H27NO5. The Kier molecular flexibility index (Phi) is 6.90. The van der Waals surface area contributed by atoms with E-state index in [1.807, 2.05) is 84.9 Å². The Bertz CT molecular complexity index is 1380. The number of alkyl carbamates (subject to hydrolysis) is 1. The molecule has 0 bridgehead atoms. The summed E-state index contributed by atoms with van der Waals surface area (Å²) < 4.78 is 10.8. The number of carboxylic acid groups (broad SMARTS) is 1. The fraction of sp³-hybridized carbons (Fsp3) is 0.161. The predicted molar refractivity (Wildman–Crippen MR) is 142 cm³/mol. The summed E-state index contributed by atoms with van der Waals surface area (Å²) in [5.74, 6) is -0.489. The van der Waals surface area contributed by atoms with Gasteiger partial charge in [-0.25, -0.2) is 9.59 Å². The second-order valence-corrected chi connectivity index (χ2v) is 8.95. The van der Waals surface area contributed by atoms with Crippen LogP contribution >= 0.6 is 0 Å². The highest BCUT2D eigenvalue weighted by molar-refractivity contribution is 5.82. The van der Waals surface area contributed by atoms with Gasteiger partial charge >= 0.3 is 12.1 Å². The van der Waals surface area contributed by atoms with Gasteiger partial charge < -0.3 is 19.9 Å². The minimum Gasteiger partial charge on any atom is -0.497 e. The molecule has 0 radical (unpaired) electrons. The van der Waals surface area contributed by atoms with Crippen LogP contribution in [-0.4, -0.2) is 36.9 Å². The van der Waals surface area contributed by atoms with Gasteiger partial charge in [-0.1, -0.05) is 84.9 Å². The lowest BCUT2D eigenvalue weighted by molar-refractivity contribution is -0.139. The molecule has 1 atom stereocenters. The highest BCUT2D eigenvalue weighted by Crippen LogP contribution is 2.44. The molecule has 0 saturated carbocycles. The maximum absolute atomic E-state index is 12.7. The molecule has 186 valence electrons. The fourth-order valence-electron chi connectivity index (χ4n) is 4.95. The third kappa shape index (κ3) is 5.05. The summed E-state index contributed by atoms with van der Waals surface area (Å²) >= 11 is 0. The number of carbonyl (C=O) groups excluding carboxylic acids is 1. The van der Waals surface area contributed by atoms with Crippen molar-refractivity contribution in [1.82, 2.24) is 5.32 Å². The number of ether oxygens (including phenoxy) is 2. The molecule has 4 aromatic carbocycles. The number of nitrogens with one attached hydrogen (secondary N) is 1. The molecule has 37 heavy (non-hydrogen) atoms. The van der Waals surface area contributed by atoms with E-state index >= 15 is 0 Å². The molecule has 0 aromatic heterocycles. The maximum atomic E-state index is 12.7. The molecule has 0 fully saturated rings. The van der Waals surface area contributed by atoms with Crippen LogP contribution < -0.4 is 10.1 Å². The normalized spacial score (nSPS) is 12.8.